The highest BCUT2D eigenvalue weighted by molar-refractivity contribution is 5.95. The number of hydrogen-bond donors (Lipinski definition) is 2. The SMILES string of the molecule is CC(C)n1ncc(C(=O)NCC(O)C2CCCC2)c1C1CC1. The van der Waals surface area contributed by atoms with E-state index in [0.29, 0.717) is 23.9 Å². The normalized spacial score (nSPS) is 20.5. The van der Waals surface area contributed by atoms with Crippen molar-refractivity contribution in [2.24, 2.45) is 5.92 Å². The smallest absolute Gasteiger partial charge is 0.254 e. The van der Waals surface area contributed by atoms with Crippen LogP contribution in [0, 0.1) is 5.92 Å². The van der Waals surface area contributed by atoms with Crippen molar-refractivity contribution in [2.45, 2.75) is 70.4 Å². The summed E-state index contributed by atoms with van der Waals surface area (Å²) < 4.78 is 1.97. The molecule has 1 atom stereocenters. The first-order valence-electron chi connectivity index (χ1n) is 8.61. The molecule has 1 unspecified atom stereocenters. The minimum atomic E-state index is -0.420. The lowest BCUT2D eigenvalue weighted by molar-refractivity contribution is 0.0839. The Morgan fingerprint density at radius 1 is 1.36 bits per heavy atom. The van der Waals surface area contributed by atoms with Crippen molar-refractivity contribution in [1.82, 2.24) is 15.1 Å². The Balaban J connectivity index is 1.64. The van der Waals surface area contributed by atoms with Crippen LogP contribution in [0.5, 0.6) is 0 Å². The van der Waals surface area contributed by atoms with Gasteiger partial charge in [0.1, 0.15) is 0 Å². The average molecular weight is 305 g/mol. The van der Waals surface area contributed by atoms with Crippen molar-refractivity contribution in [2.75, 3.05) is 6.54 Å². The van der Waals surface area contributed by atoms with Crippen molar-refractivity contribution in [3.63, 3.8) is 0 Å². The van der Waals surface area contributed by atoms with E-state index in [1.165, 1.54) is 12.8 Å². The number of nitrogens with one attached hydrogen (secondary N) is 1. The van der Waals surface area contributed by atoms with Crippen LogP contribution in [0.1, 0.15) is 80.4 Å². The average Bonchev–Trinajstić information content (AvgIpc) is 3.03. The molecule has 0 aliphatic heterocycles. The minimum absolute atomic E-state index is 0.0918. The molecule has 3 rings (SSSR count). The van der Waals surface area contributed by atoms with E-state index in [4.69, 9.17) is 0 Å². The third-order valence-electron chi connectivity index (χ3n) is 4.95. The highest BCUT2D eigenvalue weighted by Crippen LogP contribution is 2.42. The quantitative estimate of drug-likeness (QED) is 0.849. The fraction of sp³-hybridized carbons (Fsp3) is 0.765. The molecule has 0 aromatic carbocycles. The number of aliphatic hydroxyl groups excluding tert-OH is 1. The summed E-state index contributed by atoms with van der Waals surface area (Å²) in [4.78, 5) is 12.5. The zero-order chi connectivity index (χ0) is 15.7. The molecule has 1 amide bonds. The maximum Gasteiger partial charge on any atom is 0.254 e. The lowest BCUT2D eigenvalue weighted by Crippen LogP contribution is -2.35. The predicted octanol–water partition coefficient (Wildman–Crippen LogP) is 2.62. The van der Waals surface area contributed by atoms with Gasteiger partial charge in [0.25, 0.3) is 5.91 Å². The number of aliphatic hydroxyl groups is 1. The van der Waals surface area contributed by atoms with Crippen molar-refractivity contribution in [3.05, 3.63) is 17.5 Å². The Bertz CT molecular complexity index is 528. The molecule has 2 N–H and O–H groups in total. The van der Waals surface area contributed by atoms with E-state index in [9.17, 15) is 9.90 Å². The Kier molecular flexibility index (Phi) is 4.52. The fourth-order valence-electron chi connectivity index (χ4n) is 3.52. The first-order chi connectivity index (χ1) is 10.6. The molecule has 0 spiro atoms. The number of carbonyl (C=O) groups is 1. The maximum absolute atomic E-state index is 12.5. The van der Waals surface area contributed by atoms with Crippen molar-refractivity contribution in [3.8, 4) is 0 Å². The molecule has 2 saturated carbocycles. The van der Waals surface area contributed by atoms with Crippen molar-refractivity contribution < 1.29 is 9.90 Å². The minimum Gasteiger partial charge on any atom is -0.391 e. The Morgan fingerprint density at radius 3 is 2.64 bits per heavy atom. The van der Waals surface area contributed by atoms with Crippen LogP contribution in [0.2, 0.25) is 0 Å². The first-order valence-corrected chi connectivity index (χ1v) is 8.61. The summed E-state index contributed by atoms with van der Waals surface area (Å²) in [5.74, 6) is 0.734. The molecule has 1 aromatic rings. The number of amides is 1. The molecule has 0 saturated heterocycles. The number of rotatable bonds is 6. The van der Waals surface area contributed by atoms with Crippen LogP contribution >= 0.6 is 0 Å². The molecule has 2 aliphatic carbocycles. The molecule has 2 fully saturated rings. The van der Waals surface area contributed by atoms with Crippen LogP contribution in [0.15, 0.2) is 6.20 Å². The Morgan fingerprint density at radius 2 is 2.05 bits per heavy atom. The van der Waals surface area contributed by atoms with E-state index in [2.05, 4.69) is 24.3 Å². The summed E-state index contributed by atoms with van der Waals surface area (Å²) in [7, 11) is 0. The molecule has 22 heavy (non-hydrogen) atoms. The second-order valence-electron chi connectivity index (χ2n) is 7.08. The van der Waals surface area contributed by atoms with E-state index in [1.54, 1.807) is 6.20 Å². The number of carbonyl (C=O) groups excluding carboxylic acids is 1. The van der Waals surface area contributed by atoms with E-state index in [-0.39, 0.29) is 11.9 Å². The summed E-state index contributed by atoms with van der Waals surface area (Å²) in [6.45, 7) is 4.52. The highest BCUT2D eigenvalue weighted by atomic mass is 16.3. The van der Waals surface area contributed by atoms with Gasteiger partial charge in [-0.25, -0.2) is 0 Å². The third kappa shape index (κ3) is 3.19. The second kappa shape index (κ2) is 6.41. The first kappa shape index (κ1) is 15.5. The second-order valence-corrected chi connectivity index (χ2v) is 7.08. The van der Waals surface area contributed by atoms with Crippen molar-refractivity contribution in [1.29, 1.82) is 0 Å². The Hall–Kier alpha value is -1.36. The van der Waals surface area contributed by atoms with Gasteiger partial charge >= 0.3 is 0 Å². The summed E-state index contributed by atoms with van der Waals surface area (Å²) in [5, 5.41) is 17.5. The standard InChI is InChI=1S/C17H27N3O2/c1-11(2)20-16(13-7-8-13)14(9-19-20)17(22)18-10-15(21)12-5-3-4-6-12/h9,11-13,15,21H,3-8,10H2,1-2H3,(H,18,22). The maximum atomic E-state index is 12.5. The van der Waals surface area contributed by atoms with E-state index >= 15 is 0 Å². The zero-order valence-electron chi connectivity index (χ0n) is 13.6. The van der Waals surface area contributed by atoms with Gasteiger partial charge in [-0.1, -0.05) is 12.8 Å². The summed E-state index contributed by atoms with van der Waals surface area (Å²) in [6.07, 6.45) is 8.10. The lowest BCUT2D eigenvalue weighted by Gasteiger charge is -2.18. The number of hydrogen-bond acceptors (Lipinski definition) is 3. The molecule has 1 heterocycles. The van der Waals surface area contributed by atoms with Gasteiger partial charge in [0, 0.05) is 18.5 Å². The number of nitrogens with zero attached hydrogens (tertiary/aromatic N) is 2. The van der Waals surface area contributed by atoms with E-state index < -0.39 is 6.10 Å². The monoisotopic (exact) mass is 305 g/mol. The molecule has 0 bridgehead atoms. The van der Waals surface area contributed by atoms with Gasteiger partial charge in [0.15, 0.2) is 0 Å². The van der Waals surface area contributed by atoms with Crippen LogP contribution in [0.4, 0.5) is 0 Å². The molecular formula is C17H27N3O2. The van der Waals surface area contributed by atoms with Gasteiger partial charge in [0.2, 0.25) is 0 Å². The predicted molar refractivity (Wildman–Crippen MR) is 84.9 cm³/mol. The highest BCUT2D eigenvalue weighted by Gasteiger charge is 2.33. The molecular weight excluding hydrogens is 278 g/mol. The zero-order valence-corrected chi connectivity index (χ0v) is 13.6. The van der Waals surface area contributed by atoms with Gasteiger partial charge in [-0.15, -0.1) is 0 Å². The van der Waals surface area contributed by atoms with Crippen LogP contribution in [0.3, 0.4) is 0 Å². The molecule has 1 aromatic heterocycles. The van der Waals surface area contributed by atoms with Crippen LogP contribution in [-0.4, -0.2) is 33.4 Å². The summed E-state index contributed by atoms with van der Waals surface area (Å²) >= 11 is 0. The summed E-state index contributed by atoms with van der Waals surface area (Å²) in [5.41, 5.74) is 1.76. The molecule has 2 aliphatic rings. The van der Waals surface area contributed by atoms with Gasteiger partial charge in [0.05, 0.1) is 23.6 Å². The molecule has 5 heteroatoms. The van der Waals surface area contributed by atoms with Gasteiger partial charge in [-0.2, -0.15) is 5.10 Å². The fourth-order valence-corrected chi connectivity index (χ4v) is 3.52. The Labute approximate surface area is 132 Å². The lowest BCUT2D eigenvalue weighted by atomic mass is 10.0. The van der Waals surface area contributed by atoms with Crippen LogP contribution in [0.25, 0.3) is 0 Å². The summed E-state index contributed by atoms with van der Waals surface area (Å²) in [6, 6.07) is 0.265. The number of aromatic nitrogens is 2. The largest absolute Gasteiger partial charge is 0.391 e. The van der Waals surface area contributed by atoms with Crippen LogP contribution in [-0.2, 0) is 0 Å². The topological polar surface area (TPSA) is 67.2 Å². The molecule has 122 valence electrons. The third-order valence-corrected chi connectivity index (χ3v) is 4.95. The van der Waals surface area contributed by atoms with Crippen LogP contribution < -0.4 is 5.32 Å². The van der Waals surface area contributed by atoms with E-state index in [0.717, 1.165) is 31.4 Å². The van der Waals surface area contributed by atoms with Gasteiger partial charge < -0.3 is 10.4 Å². The van der Waals surface area contributed by atoms with E-state index in [1.807, 2.05) is 4.68 Å². The molecule has 5 nitrogen and oxygen atoms in total. The van der Waals surface area contributed by atoms with Gasteiger partial charge in [-0.3, -0.25) is 9.48 Å². The van der Waals surface area contributed by atoms with Gasteiger partial charge in [-0.05, 0) is 45.4 Å². The van der Waals surface area contributed by atoms with Crippen molar-refractivity contribution >= 4 is 5.91 Å². The molecule has 0 radical (unpaired) electrons.